The van der Waals surface area contributed by atoms with E-state index in [4.69, 9.17) is 5.73 Å². The Hall–Kier alpha value is -0.410. The highest BCUT2D eigenvalue weighted by molar-refractivity contribution is 5.89. The lowest BCUT2D eigenvalue weighted by molar-refractivity contribution is -0.130. The van der Waals surface area contributed by atoms with E-state index in [0.29, 0.717) is 12.3 Å². The van der Waals surface area contributed by atoms with Gasteiger partial charge in [0.1, 0.15) is 0 Å². The molecule has 1 unspecified atom stereocenters. The molecule has 0 aliphatic rings. The highest BCUT2D eigenvalue weighted by Gasteiger charge is 2.34. The van der Waals surface area contributed by atoms with E-state index in [0.717, 1.165) is 25.7 Å². The molecule has 0 bridgehead atoms. The Labute approximate surface area is 113 Å². The molecule has 0 amide bonds. The maximum Gasteiger partial charge on any atom is 0.155 e. The number of hydrogen-bond donors (Lipinski definition) is 2. The average Bonchev–Trinajstić information content (AvgIpc) is 2.21. The molecule has 0 heterocycles. The molecule has 0 saturated heterocycles. The van der Waals surface area contributed by atoms with Gasteiger partial charge in [0.2, 0.25) is 0 Å². The Kier molecular flexibility index (Phi) is 7.08. The molecule has 108 valence electrons. The zero-order valence-electron chi connectivity index (χ0n) is 13.1. The van der Waals surface area contributed by atoms with Crippen molar-refractivity contribution in [1.29, 1.82) is 0 Å². The Morgan fingerprint density at radius 3 is 2.17 bits per heavy atom. The Morgan fingerprint density at radius 1 is 1.22 bits per heavy atom. The number of carbonyl (C=O) groups excluding carboxylic acids is 1. The molecule has 0 aliphatic heterocycles. The summed E-state index contributed by atoms with van der Waals surface area (Å²) in [5.74, 6) is 0.327. The number of nitrogens with one attached hydrogen (secondary N) is 1. The van der Waals surface area contributed by atoms with Gasteiger partial charge in [0.15, 0.2) is 5.78 Å². The van der Waals surface area contributed by atoms with E-state index in [2.05, 4.69) is 46.9 Å². The number of rotatable bonds is 8. The average molecular weight is 256 g/mol. The molecule has 0 spiro atoms. The van der Waals surface area contributed by atoms with Gasteiger partial charge in [0.25, 0.3) is 0 Å². The van der Waals surface area contributed by atoms with Crippen LogP contribution in [-0.4, -0.2) is 23.9 Å². The van der Waals surface area contributed by atoms with E-state index in [9.17, 15) is 4.79 Å². The number of Topliss-reactive ketones (excluding diaryl/α,β-unsaturated/α-hetero) is 1. The molecule has 0 fully saturated rings. The molecule has 0 aliphatic carbocycles. The van der Waals surface area contributed by atoms with Crippen LogP contribution in [0.5, 0.6) is 0 Å². The molecular formula is C15H32N2O. The Morgan fingerprint density at radius 2 is 1.78 bits per heavy atom. The summed E-state index contributed by atoms with van der Waals surface area (Å²) < 4.78 is 0. The first-order valence-corrected chi connectivity index (χ1v) is 7.16. The van der Waals surface area contributed by atoms with E-state index in [1.54, 1.807) is 0 Å². The van der Waals surface area contributed by atoms with Gasteiger partial charge < -0.3 is 11.1 Å². The van der Waals surface area contributed by atoms with Crippen LogP contribution >= 0.6 is 0 Å². The van der Waals surface area contributed by atoms with E-state index in [1.165, 1.54) is 0 Å². The summed E-state index contributed by atoms with van der Waals surface area (Å²) in [7, 11) is 0. The maximum atomic E-state index is 12.6. The fourth-order valence-electron chi connectivity index (χ4n) is 2.33. The van der Waals surface area contributed by atoms with E-state index in [1.807, 2.05) is 0 Å². The summed E-state index contributed by atoms with van der Waals surface area (Å²) in [5, 5.41) is 3.45. The van der Waals surface area contributed by atoms with Crippen molar-refractivity contribution in [3.05, 3.63) is 0 Å². The van der Waals surface area contributed by atoms with Gasteiger partial charge in [-0.3, -0.25) is 4.79 Å². The quantitative estimate of drug-likeness (QED) is 0.702. The van der Waals surface area contributed by atoms with Crippen LogP contribution < -0.4 is 11.1 Å². The van der Waals surface area contributed by atoms with Gasteiger partial charge in [-0.15, -0.1) is 0 Å². The number of hydrogen-bond acceptors (Lipinski definition) is 3. The van der Waals surface area contributed by atoms with Crippen molar-refractivity contribution in [2.24, 2.45) is 11.1 Å². The molecule has 0 saturated carbocycles. The van der Waals surface area contributed by atoms with Crippen molar-refractivity contribution in [2.45, 2.75) is 78.8 Å². The van der Waals surface area contributed by atoms with E-state index < -0.39 is 0 Å². The summed E-state index contributed by atoms with van der Waals surface area (Å²) in [6, 6.07) is -0.0740. The van der Waals surface area contributed by atoms with Crippen LogP contribution in [0.15, 0.2) is 0 Å². The largest absolute Gasteiger partial charge is 0.330 e. The molecular weight excluding hydrogens is 224 g/mol. The SMILES string of the molecule is CCCC(C)(C)C(=O)C(CCCN)NC(C)(C)C. The van der Waals surface area contributed by atoms with Crippen molar-refractivity contribution in [3.8, 4) is 0 Å². The molecule has 0 aromatic rings. The van der Waals surface area contributed by atoms with Gasteiger partial charge in [-0.05, 0) is 46.6 Å². The van der Waals surface area contributed by atoms with Gasteiger partial charge in [-0.25, -0.2) is 0 Å². The zero-order valence-corrected chi connectivity index (χ0v) is 13.1. The second-order valence-electron chi connectivity index (χ2n) is 6.88. The first-order valence-electron chi connectivity index (χ1n) is 7.16. The minimum atomic E-state index is -0.244. The summed E-state index contributed by atoms with van der Waals surface area (Å²) in [4.78, 5) is 12.6. The van der Waals surface area contributed by atoms with Gasteiger partial charge in [-0.1, -0.05) is 27.2 Å². The van der Waals surface area contributed by atoms with Gasteiger partial charge in [0.05, 0.1) is 6.04 Å². The van der Waals surface area contributed by atoms with Crippen LogP contribution in [0.2, 0.25) is 0 Å². The zero-order chi connectivity index (χ0) is 14.4. The molecule has 1 atom stereocenters. The minimum absolute atomic E-state index is 0.0444. The molecule has 0 aromatic carbocycles. The lowest BCUT2D eigenvalue weighted by atomic mass is 9.79. The van der Waals surface area contributed by atoms with Crippen LogP contribution in [0.25, 0.3) is 0 Å². The second-order valence-corrected chi connectivity index (χ2v) is 6.88. The molecule has 3 N–H and O–H groups in total. The lowest BCUT2D eigenvalue weighted by Gasteiger charge is -2.33. The highest BCUT2D eigenvalue weighted by atomic mass is 16.1. The number of carbonyl (C=O) groups is 1. The summed E-state index contributed by atoms with van der Waals surface area (Å²) in [6.07, 6.45) is 3.70. The monoisotopic (exact) mass is 256 g/mol. The van der Waals surface area contributed by atoms with Crippen LogP contribution in [0.3, 0.4) is 0 Å². The summed E-state index contributed by atoms with van der Waals surface area (Å²) in [5.41, 5.74) is 5.28. The number of ketones is 1. The van der Waals surface area contributed by atoms with Crippen molar-refractivity contribution in [3.63, 3.8) is 0 Å². The third-order valence-corrected chi connectivity index (χ3v) is 3.16. The van der Waals surface area contributed by atoms with Crippen molar-refractivity contribution >= 4 is 5.78 Å². The third-order valence-electron chi connectivity index (χ3n) is 3.16. The predicted molar refractivity (Wildman–Crippen MR) is 78.7 cm³/mol. The number of nitrogens with two attached hydrogens (primary N) is 1. The first kappa shape index (κ1) is 17.6. The molecule has 3 nitrogen and oxygen atoms in total. The fourth-order valence-corrected chi connectivity index (χ4v) is 2.33. The molecule has 3 heteroatoms. The Bertz CT molecular complexity index is 254. The van der Waals surface area contributed by atoms with Crippen LogP contribution in [-0.2, 0) is 4.79 Å². The first-order chi connectivity index (χ1) is 8.14. The highest BCUT2D eigenvalue weighted by Crippen LogP contribution is 2.26. The lowest BCUT2D eigenvalue weighted by Crippen LogP contribution is -2.51. The smallest absolute Gasteiger partial charge is 0.155 e. The standard InChI is InChI=1S/C15H32N2O/c1-7-10-15(5,6)13(18)12(9-8-11-16)17-14(2,3)4/h12,17H,7-11,16H2,1-6H3. The van der Waals surface area contributed by atoms with Crippen molar-refractivity contribution in [1.82, 2.24) is 5.32 Å². The van der Waals surface area contributed by atoms with E-state index in [-0.39, 0.29) is 17.0 Å². The normalized spacial score (nSPS) is 14.6. The third kappa shape index (κ3) is 6.50. The summed E-state index contributed by atoms with van der Waals surface area (Å²) in [6.45, 7) is 13.2. The molecule has 18 heavy (non-hydrogen) atoms. The maximum absolute atomic E-state index is 12.6. The van der Waals surface area contributed by atoms with Crippen molar-refractivity contribution in [2.75, 3.05) is 6.54 Å². The second kappa shape index (κ2) is 7.25. The van der Waals surface area contributed by atoms with Crippen molar-refractivity contribution < 1.29 is 4.79 Å². The van der Waals surface area contributed by atoms with Crippen LogP contribution in [0.4, 0.5) is 0 Å². The van der Waals surface area contributed by atoms with Gasteiger partial charge in [0, 0.05) is 11.0 Å². The topological polar surface area (TPSA) is 55.1 Å². The fraction of sp³-hybridized carbons (Fsp3) is 0.933. The van der Waals surface area contributed by atoms with Crippen LogP contribution in [0.1, 0.15) is 67.2 Å². The van der Waals surface area contributed by atoms with E-state index >= 15 is 0 Å². The molecule has 0 aromatic heterocycles. The predicted octanol–water partition coefficient (Wildman–Crippen LogP) is 2.88. The van der Waals surface area contributed by atoms with Gasteiger partial charge >= 0.3 is 0 Å². The van der Waals surface area contributed by atoms with Gasteiger partial charge in [-0.2, -0.15) is 0 Å². The Balaban J connectivity index is 4.78. The summed E-state index contributed by atoms with van der Waals surface area (Å²) >= 11 is 0. The van der Waals surface area contributed by atoms with Crippen LogP contribution in [0, 0.1) is 5.41 Å². The molecule has 0 rings (SSSR count). The minimum Gasteiger partial charge on any atom is -0.330 e. The molecule has 0 radical (unpaired) electrons.